The van der Waals surface area contributed by atoms with E-state index in [-0.39, 0.29) is 5.57 Å². The van der Waals surface area contributed by atoms with Gasteiger partial charge in [0.1, 0.15) is 6.54 Å². The summed E-state index contributed by atoms with van der Waals surface area (Å²) in [6.45, 7) is 2.44. The summed E-state index contributed by atoms with van der Waals surface area (Å²) in [5, 5.41) is 10.9. The van der Waals surface area contributed by atoms with Gasteiger partial charge in [-0.15, -0.1) is 0 Å². The zero-order valence-corrected chi connectivity index (χ0v) is 4.59. The van der Waals surface area contributed by atoms with Crippen LogP contribution >= 0.6 is 0 Å². The molecule has 1 aliphatic rings. The van der Waals surface area contributed by atoms with E-state index < -0.39 is 5.97 Å². The van der Waals surface area contributed by atoms with Crippen LogP contribution in [0.15, 0.2) is 23.9 Å². The Labute approximate surface area is 52.7 Å². The third-order valence-electron chi connectivity index (χ3n) is 0.880. The van der Waals surface area contributed by atoms with Crippen LogP contribution in [0.5, 0.6) is 0 Å². The molecule has 0 fully saturated rings. The van der Waals surface area contributed by atoms with Crippen LogP contribution in [0.25, 0.3) is 0 Å². The average molecular weight is 123 g/mol. The highest BCUT2D eigenvalue weighted by Crippen LogP contribution is 2.01. The van der Waals surface area contributed by atoms with Gasteiger partial charge in [-0.05, 0) is 18.4 Å². The number of nitrogens with one attached hydrogen (secondary N) is 1. The van der Waals surface area contributed by atoms with Gasteiger partial charge in [-0.1, -0.05) is 0 Å². The number of rotatable bonds is 1. The molecule has 3 heteroatoms. The minimum atomic E-state index is -0.966. The first-order valence-corrected chi connectivity index (χ1v) is 2.42. The molecule has 0 saturated carbocycles. The molecule has 0 aromatic heterocycles. The van der Waals surface area contributed by atoms with Crippen molar-refractivity contribution in [3.8, 4) is 0 Å². The molecular weight excluding hydrogens is 118 g/mol. The molecule has 0 saturated heterocycles. The molecule has 0 bridgehead atoms. The van der Waals surface area contributed by atoms with Gasteiger partial charge < -0.3 is 10.4 Å². The monoisotopic (exact) mass is 123 g/mol. The number of aliphatic carboxylic acids is 1. The summed E-state index contributed by atoms with van der Waals surface area (Å²) in [4.78, 5) is 10.1. The van der Waals surface area contributed by atoms with E-state index in [9.17, 15) is 4.79 Å². The van der Waals surface area contributed by atoms with Crippen molar-refractivity contribution >= 4 is 5.97 Å². The summed E-state index contributed by atoms with van der Waals surface area (Å²) in [7, 11) is 0. The highest BCUT2D eigenvalue weighted by Gasteiger charge is 2.07. The number of hydrogen-bond acceptors (Lipinski definition) is 2. The Morgan fingerprint density at radius 2 is 2.56 bits per heavy atom. The fraction of sp³-hybridized carbons (Fsp3) is 0. The van der Waals surface area contributed by atoms with Crippen LogP contribution in [0.4, 0.5) is 0 Å². The fourth-order valence-electron chi connectivity index (χ4n) is 0.478. The molecule has 0 amide bonds. The molecule has 46 valence electrons. The van der Waals surface area contributed by atoms with Crippen molar-refractivity contribution in [2.75, 3.05) is 0 Å². The molecule has 9 heavy (non-hydrogen) atoms. The van der Waals surface area contributed by atoms with Crippen molar-refractivity contribution in [1.29, 1.82) is 0 Å². The van der Waals surface area contributed by atoms with Crippen LogP contribution in [0.2, 0.25) is 0 Å². The molecule has 0 aromatic carbocycles. The van der Waals surface area contributed by atoms with Crippen LogP contribution in [0.3, 0.4) is 0 Å². The zero-order valence-electron chi connectivity index (χ0n) is 4.59. The van der Waals surface area contributed by atoms with Crippen molar-refractivity contribution < 1.29 is 9.90 Å². The van der Waals surface area contributed by atoms with Gasteiger partial charge in [-0.2, -0.15) is 0 Å². The van der Waals surface area contributed by atoms with Gasteiger partial charge in [0.25, 0.3) is 0 Å². The predicted molar refractivity (Wildman–Crippen MR) is 31.2 cm³/mol. The maximum atomic E-state index is 10.1. The fourth-order valence-corrected chi connectivity index (χ4v) is 0.478. The van der Waals surface area contributed by atoms with Crippen LogP contribution in [0, 0.1) is 6.54 Å². The molecule has 2 N–H and O–H groups in total. The number of carboxylic acids is 1. The van der Waals surface area contributed by atoms with Crippen molar-refractivity contribution in [2.45, 2.75) is 0 Å². The van der Waals surface area contributed by atoms with Crippen LogP contribution < -0.4 is 5.32 Å². The SMILES string of the molecule is O=C(O)C1=CC=CN[C]1. The van der Waals surface area contributed by atoms with Gasteiger partial charge in [-0.3, -0.25) is 0 Å². The zero-order chi connectivity index (χ0) is 6.69. The Bertz CT molecular complexity index is 181. The minimum absolute atomic E-state index is 0.150. The second-order valence-corrected chi connectivity index (χ2v) is 1.51. The largest absolute Gasteiger partial charge is 0.478 e. The molecule has 0 aliphatic carbocycles. The molecule has 1 rings (SSSR count). The normalized spacial score (nSPS) is 16.2. The van der Waals surface area contributed by atoms with E-state index in [1.54, 1.807) is 12.3 Å². The van der Waals surface area contributed by atoms with Crippen molar-refractivity contribution in [3.05, 3.63) is 30.5 Å². The Balaban J connectivity index is 2.68. The summed E-state index contributed by atoms with van der Waals surface area (Å²) >= 11 is 0. The van der Waals surface area contributed by atoms with Gasteiger partial charge in [0.05, 0.1) is 5.57 Å². The lowest BCUT2D eigenvalue weighted by molar-refractivity contribution is -0.132. The number of dihydropyridines is 1. The van der Waals surface area contributed by atoms with E-state index in [0.29, 0.717) is 0 Å². The van der Waals surface area contributed by atoms with Crippen molar-refractivity contribution in [3.63, 3.8) is 0 Å². The number of carboxylic acid groups (broad SMARTS) is 1. The first kappa shape index (κ1) is 5.88. The van der Waals surface area contributed by atoms with E-state index in [0.717, 1.165) is 0 Å². The third-order valence-corrected chi connectivity index (χ3v) is 0.880. The van der Waals surface area contributed by atoms with Crippen molar-refractivity contribution in [2.24, 2.45) is 0 Å². The Morgan fingerprint density at radius 1 is 1.78 bits per heavy atom. The van der Waals surface area contributed by atoms with Gasteiger partial charge in [-0.25, -0.2) is 4.79 Å². The number of allylic oxidation sites excluding steroid dienone is 2. The molecule has 0 atom stereocenters. The van der Waals surface area contributed by atoms with E-state index in [1.165, 1.54) is 6.08 Å². The molecular formula is C6H5NO2. The molecule has 0 aromatic rings. The maximum Gasteiger partial charge on any atom is 0.334 e. The molecule has 1 heterocycles. The summed E-state index contributed by atoms with van der Waals surface area (Å²) in [6, 6.07) is 0. The second kappa shape index (κ2) is 2.35. The maximum absolute atomic E-state index is 10.1. The standard InChI is InChI=1S/C6H5NO2/c8-6(9)5-2-1-3-7-4-5/h1-3,7H,(H,8,9). The number of carbonyl (C=O) groups is 1. The van der Waals surface area contributed by atoms with Crippen molar-refractivity contribution in [1.82, 2.24) is 5.32 Å². The summed E-state index contributed by atoms with van der Waals surface area (Å²) < 4.78 is 0. The topological polar surface area (TPSA) is 49.3 Å². The lowest BCUT2D eigenvalue weighted by Crippen LogP contribution is -2.12. The molecule has 0 spiro atoms. The van der Waals surface area contributed by atoms with E-state index in [4.69, 9.17) is 5.11 Å². The minimum Gasteiger partial charge on any atom is -0.478 e. The van der Waals surface area contributed by atoms with Gasteiger partial charge in [0, 0.05) is 0 Å². The van der Waals surface area contributed by atoms with Crippen LogP contribution in [0.1, 0.15) is 0 Å². The number of hydrogen-bond donors (Lipinski definition) is 2. The summed E-state index contributed by atoms with van der Waals surface area (Å²) in [5.74, 6) is -0.966. The smallest absolute Gasteiger partial charge is 0.334 e. The van der Waals surface area contributed by atoms with Gasteiger partial charge in [0.2, 0.25) is 0 Å². The first-order valence-electron chi connectivity index (χ1n) is 2.42. The van der Waals surface area contributed by atoms with Gasteiger partial charge in [0.15, 0.2) is 0 Å². The van der Waals surface area contributed by atoms with Gasteiger partial charge >= 0.3 is 5.97 Å². The second-order valence-electron chi connectivity index (χ2n) is 1.51. The summed E-state index contributed by atoms with van der Waals surface area (Å²) in [5.41, 5.74) is 0.150. The van der Waals surface area contributed by atoms with Crippen LogP contribution in [-0.2, 0) is 4.79 Å². The third kappa shape index (κ3) is 1.32. The molecule has 2 radical (unpaired) electrons. The van der Waals surface area contributed by atoms with E-state index >= 15 is 0 Å². The molecule has 1 aliphatic heterocycles. The molecule has 0 unspecified atom stereocenters. The first-order chi connectivity index (χ1) is 4.30. The Kier molecular flexibility index (Phi) is 1.53. The lowest BCUT2D eigenvalue weighted by Gasteiger charge is -2.02. The van der Waals surface area contributed by atoms with Crippen LogP contribution in [-0.4, -0.2) is 11.1 Å². The lowest BCUT2D eigenvalue weighted by atomic mass is 10.2. The Hall–Kier alpha value is -1.25. The highest BCUT2D eigenvalue weighted by atomic mass is 16.4. The molecule has 3 nitrogen and oxygen atoms in total. The average Bonchev–Trinajstić information content (AvgIpc) is 1.90. The summed E-state index contributed by atoms with van der Waals surface area (Å²) in [6.07, 6.45) is 4.69. The predicted octanol–water partition coefficient (Wildman–Crippen LogP) is 0.153. The van der Waals surface area contributed by atoms with E-state index in [1.807, 2.05) is 0 Å². The van der Waals surface area contributed by atoms with E-state index in [2.05, 4.69) is 11.9 Å². The highest BCUT2D eigenvalue weighted by molar-refractivity contribution is 5.89. The quantitative estimate of drug-likeness (QED) is 0.522. The Morgan fingerprint density at radius 3 is 2.89 bits per heavy atom.